The van der Waals surface area contributed by atoms with Crippen LogP contribution in [0.25, 0.3) is 52.5 Å². The van der Waals surface area contributed by atoms with Gasteiger partial charge in [0.25, 0.3) is 0 Å². The zero-order chi connectivity index (χ0) is 28.7. The molecule has 43 heavy (non-hydrogen) atoms. The van der Waals surface area contributed by atoms with Crippen molar-refractivity contribution in [3.05, 3.63) is 130 Å². The number of rotatable bonds is 3. The first-order valence-corrected chi connectivity index (χ1v) is 17.0. The van der Waals surface area contributed by atoms with Gasteiger partial charge in [0.05, 0.1) is 10.6 Å². The monoisotopic (exact) mass is 589 g/mol. The molecule has 0 aliphatic heterocycles. The third-order valence-electron chi connectivity index (χ3n) is 10.1. The largest absolute Gasteiger partial charge is 0.299 e. The standard InChI is InChI=1S/C40H31NS2/c1-24-26-11-4-6-18-34(26)42-38(24)37(41)30-15-9-14-28-31-23-25(19-20-35(31)43-39(28)30)27-13-10-17-33-36(27)29-12-3-5-16-32(29)40(33)21-7-2-8-22-40/h3-6,9-20,23,41H,2,7-8,21-22H2,1H3. The summed E-state index contributed by atoms with van der Waals surface area (Å²) in [7, 11) is 0. The summed E-state index contributed by atoms with van der Waals surface area (Å²) >= 11 is 3.56. The Hall–Kier alpha value is -4.05. The van der Waals surface area contributed by atoms with Gasteiger partial charge in [-0.05, 0) is 82.3 Å². The number of benzene rings is 5. The van der Waals surface area contributed by atoms with E-state index in [1.54, 1.807) is 16.9 Å². The lowest BCUT2D eigenvalue weighted by Crippen LogP contribution is -2.27. The second-order valence-corrected chi connectivity index (χ2v) is 14.4. The van der Waals surface area contributed by atoms with Crippen molar-refractivity contribution in [3.63, 3.8) is 0 Å². The van der Waals surface area contributed by atoms with Crippen molar-refractivity contribution in [2.24, 2.45) is 0 Å². The Balaban J connectivity index is 1.21. The van der Waals surface area contributed by atoms with Crippen molar-refractivity contribution < 1.29 is 0 Å². The Morgan fingerprint density at radius 1 is 0.651 bits per heavy atom. The molecule has 1 N–H and O–H groups in total. The molecule has 2 aromatic heterocycles. The van der Waals surface area contributed by atoms with Crippen molar-refractivity contribution in [1.29, 1.82) is 5.41 Å². The highest BCUT2D eigenvalue weighted by Crippen LogP contribution is 2.58. The molecule has 1 nitrogen and oxygen atoms in total. The summed E-state index contributed by atoms with van der Waals surface area (Å²) in [5, 5.41) is 13.1. The van der Waals surface area contributed by atoms with Crippen LogP contribution in [0.1, 0.15) is 59.2 Å². The number of aryl methyl sites for hydroxylation is 1. The minimum Gasteiger partial charge on any atom is -0.299 e. The Morgan fingerprint density at radius 2 is 1.37 bits per heavy atom. The van der Waals surface area contributed by atoms with Crippen molar-refractivity contribution in [3.8, 4) is 22.3 Å². The smallest absolute Gasteiger partial charge is 0.0801 e. The van der Waals surface area contributed by atoms with E-state index in [-0.39, 0.29) is 5.41 Å². The fourth-order valence-corrected chi connectivity index (χ4v) is 10.5. The summed E-state index contributed by atoms with van der Waals surface area (Å²) in [4.78, 5) is 1.07. The van der Waals surface area contributed by atoms with Crippen molar-refractivity contribution in [2.45, 2.75) is 44.4 Å². The van der Waals surface area contributed by atoms with Crippen LogP contribution in [0.2, 0.25) is 0 Å². The van der Waals surface area contributed by atoms with Crippen LogP contribution >= 0.6 is 22.7 Å². The van der Waals surface area contributed by atoms with E-state index >= 15 is 0 Å². The minimum absolute atomic E-state index is 0.166. The van der Waals surface area contributed by atoms with Crippen LogP contribution in [0, 0.1) is 12.3 Å². The van der Waals surface area contributed by atoms with Crippen LogP contribution in [0.4, 0.5) is 0 Å². The lowest BCUT2D eigenvalue weighted by molar-refractivity contribution is 0.353. The van der Waals surface area contributed by atoms with Gasteiger partial charge in [-0.3, -0.25) is 5.41 Å². The summed E-state index contributed by atoms with van der Waals surface area (Å²) in [6, 6.07) is 38.3. The van der Waals surface area contributed by atoms with Gasteiger partial charge >= 0.3 is 0 Å². The lowest BCUT2D eigenvalue weighted by Gasteiger charge is -2.36. The highest BCUT2D eigenvalue weighted by molar-refractivity contribution is 7.26. The molecule has 0 atom stereocenters. The molecule has 9 rings (SSSR count). The Bertz CT molecular complexity index is 2260. The Morgan fingerprint density at radius 3 is 2.26 bits per heavy atom. The fourth-order valence-electron chi connectivity index (χ4n) is 8.14. The minimum atomic E-state index is 0.166. The maximum Gasteiger partial charge on any atom is 0.0801 e. The number of nitrogens with one attached hydrogen (secondary N) is 1. The first kappa shape index (κ1) is 25.4. The fraction of sp³-hybridized carbons (Fsp3) is 0.175. The number of fused-ring (bicyclic) bond motifs is 9. The van der Waals surface area contributed by atoms with Gasteiger partial charge in [0.2, 0.25) is 0 Å². The molecule has 208 valence electrons. The normalized spacial score (nSPS) is 15.4. The average molecular weight is 590 g/mol. The molecule has 0 amide bonds. The van der Waals surface area contributed by atoms with Crippen molar-refractivity contribution in [1.82, 2.24) is 0 Å². The molecule has 1 fully saturated rings. The van der Waals surface area contributed by atoms with Gasteiger partial charge in [0.1, 0.15) is 0 Å². The predicted octanol–water partition coefficient (Wildman–Crippen LogP) is 11.9. The van der Waals surface area contributed by atoms with E-state index in [1.807, 2.05) is 11.3 Å². The molecule has 5 aromatic carbocycles. The average Bonchev–Trinajstić information content (AvgIpc) is 3.69. The van der Waals surface area contributed by atoms with Crippen LogP contribution in [0.5, 0.6) is 0 Å². The molecule has 2 aliphatic carbocycles. The van der Waals surface area contributed by atoms with Crippen LogP contribution in [0.3, 0.4) is 0 Å². The molecule has 2 heterocycles. The third-order valence-corrected chi connectivity index (χ3v) is 12.7. The maximum absolute atomic E-state index is 9.34. The summed E-state index contributed by atoms with van der Waals surface area (Å²) in [6.45, 7) is 2.16. The van der Waals surface area contributed by atoms with E-state index in [1.165, 1.54) is 95.7 Å². The number of hydrogen-bond donors (Lipinski definition) is 1. The summed E-state index contributed by atoms with van der Waals surface area (Å²) in [6.07, 6.45) is 6.47. The van der Waals surface area contributed by atoms with E-state index in [0.29, 0.717) is 5.71 Å². The second kappa shape index (κ2) is 9.47. The number of hydrogen-bond acceptors (Lipinski definition) is 3. The van der Waals surface area contributed by atoms with E-state index in [4.69, 9.17) is 0 Å². The van der Waals surface area contributed by atoms with Crippen LogP contribution in [-0.2, 0) is 5.41 Å². The van der Waals surface area contributed by atoms with Gasteiger partial charge in [0, 0.05) is 35.9 Å². The zero-order valence-corrected chi connectivity index (χ0v) is 25.8. The highest BCUT2D eigenvalue weighted by Gasteiger charge is 2.44. The third kappa shape index (κ3) is 3.59. The topological polar surface area (TPSA) is 23.9 Å². The summed E-state index contributed by atoms with van der Waals surface area (Å²) in [5.41, 5.74) is 11.6. The van der Waals surface area contributed by atoms with Gasteiger partial charge in [-0.2, -0.15) is 0 Å². The molecule has 1 saturated carbocycles. The molecule has 0 bridgehead atoms. The molecule has 7 aromatic rings. The molecule has 0 unspecified atom stereocenters. The molecule has 1 spiro atoms. The Kier molecular flexibility index (Phi) is 5.61. The lowest BCUT2D eigenvalue weighted by atomic mass is 9.68. The maximum atomic E-state index is 9.34. The Labute approximate surface area is 260 Å². The number of thiophene rings is 2. The van der Waals surface area contributed by atoms with Crippen LogP contribution in [0.15, 0.2) is 103 Å². The zero-order valence-electron chi connectivity index (χ0n) is 24.2. The quantitative estimate of drug-likeness (QED) is 0.198. The molecule has 0 saturated heterocycles. The van der Waals surface area contributed by atoms with Crippen LogP contribution < -0.4 is 0 Å². The van der Waals surface area contributed by atoms with Gasteiger partial charge in [0.15, 0.2) is 0 Å². The van der Waals surface area contributed by atoms with E-state index in [2.05, 4.69) is 110 Å². The van der Waals surface area contributed by atoms with E-state index in [9.17, 15) is 5.41 Å². The van der Waals surface area contributed by atoms with Crippen molar-refractivity contribution >= 4 is 58.6 Å². The SMILES string of the molecule is Cc1c(C(=N)c2cccc3c2sc2ccc(-c4cccc5c4-c4ccccc4C54CCCCC4)cc23)sc2ccccc12. The summed E-state index contributed by atoms with van der Waals surface area (Å²) < 4.78 is 3.74. The van der Waals surface area contributed by atoms with Gasteiger partial charge in [-0.25, -0.2) is 0 Å². The van der Waals surface area contributed by atoms with Crippen LogP contribution in [-0.4, -0.2) is 5.71 Å². The molecule has 2 aliphatic rings. The molecule has 3 heteroatoms. The summed E-state index contributed by atoms with van der Waals surface area (Å²) in [5.74, 6) is 0. The van der Waals surface area contributed by atoms with E-state index < -0.39 is 0 Å². The van der Waals surface area contributed by atoms with Gasteiger partial charge < -0.3 is 0 Å². The van der Waals surface area contributed by atoms with Crippen molar-refractivity contribution in [2.75, 3.05) is 0 Å². The van der Waals surface area contributed by atoms with E-state index in [0.717, 1.165) is 10.4 Å². The highest BCUT2D eigenvalue weighted by atomic mass is 32.1. The molecular formula is C40H31NS2. The molecule has 0 radical (unpaired) electrons. The molecular weight excluding hydrogens is 559 g/mol. The van der Waals surface area contributed by atoms with Gasteiger partial charge in [-0.15, -0.1) is 22.7 Å². The second-order valence-electron chi connectivity index (χ2n) is 12.3. The predicted molar refractivity (Wildman–Crippen MR) is 187 cm³/mol. The van der Waals surface area contributed by atoms with Gasteiger partial charge in [-0.1, -0.05) is 104 Å². The first-order chi connectivity index (χ1) is 21.1. The first-order valence-electron chi connectivity index (χ1n) is 15.4.